The molecule has 1 aromatic heterocycles. The van der Waals surface area contributed by atoms with Crippen LogP contribution in [0.4, 0.5) is 11.4 Å². The van der Waals surface area contributed by atoms with Gasteiger partial charge in [0.2, 0.25) is 0 Å². The van der Waals surface area contributed by atoms with Crippen molar-refractivity contribution in [1.29, 1.82) is 0 Å². The van der Waals surface area contributed by atoms with E-state index in [4.69, 9.17) is 4.52 Å². The molecule has 2 aliphatic rings. The Bertz CT molecular complexity index is 1020. The SMILES string of the molecule is CCC(=O)C(N1CCC(c2noc3ccccc23)CC1)N1CNc2ccccc21. The number of fused-ring (bicyclic) bond motifs is 2. The summed E-state index contributed by atoms with van der Waals surface area (Å²) in [6.07, 6.45) is 2.28. The van der Waals surface area contributed by atoms with Crippen molar-refractivity contribution in [2.75, 3.05) is 30.0 Å². The molecule has 6 heteroatoms. The Morgan fingerprint density at radius 3 is 2.76 bits per heavy atom. The van der Waals surface area contributed by atoms with Crippen LogP contribution in [0.2, 0.25) is 0 Å². The molecule has 1 atom stereocenters. The highest BCUT2D eigenvalue weighted by molar-refractivity contribution is 5.89. The Morgan fingerprint density at radius 2 is 1.93 bits per heavy atom. The van der Waals surface area contributed by atoms with Crippen LogP contribution in [0.15, 0.2) is 53.1 Å². The lowest BCUT2D eigenvalue weighted by atomic mass is 9.91. The molecule has 0 amide bonds. The van der Waals surface area contributed by atoms with Crippen molar-refractivity contribution in [2.45, 2.75) is 38.3 Å². The van der Waals surface area contributed by atoms with E-state index < -0.39 is 0 Å². The van der Waals surface area contributed by atoms with E-state index in [1.54, 1.807) is 0 Å². The van der Waals surface area contributed by atoms with Crippen LogP contribution in [-0.4, -0.2) is 41.8 Å². The van der Waals surface area contributed by atoms with Crippen molar-refractivity contribution in [1.82, 2.24) is 10.1 Å². The maximum Gasteiger partial charge on any atom is 0.169 e. The third-order valence-corrected chi connectivity index (χ3v) is 6.25. The quantitative estimate of drug-likeness (QED) is 0.704. The van der Waals surface area contributed by atoms with Crippen molar-refractivity contribution >= 4 is 28.1 Å². The number of rotatable bonds is 5. The number of nitrogens with one attached hydrogen (secondary N) is 1. The van der Waals surface area contributed by atoms with Gasteiger partial charge in [-0.1, -0.05) is 36.3 Å². The van der Waals surface area contributed by atoms with Crippen LogP contribution in [0, 0.1) is 0 Å². The summed E-state index contributed by atoms with van der Waals surface area (Å²) in [5.74, 6) is 0.644. The minimum absolute atomic E-state index is 0.217. The van der Waals surface area contributed by atoms with Gasteiger partial charge >= 0.3 is 0 Å². The number of ketones is 1. The number of benzene rings is 2. The number of carbonyl (C=O) groups excluding carboxylic acids is 1. The molecule has 2 aliphatic heterocycles. The van der Waals surface area contributed by atoms with Crippen LogP contribution in [0.1, 0.15) is 37.8 Å². The molecule has 150 valence electrons. The molecule has 1 saturated heterocycles. The van der Waals surface area contributed by atoms with Gasteiger partial charge in [-0.05, 0) is 37.1 Å². The summed E-state index contributed by atoms with van der Waals surface area (Å²) >= 11 is 0. The van der Waals surface area contributed by atoms with E-state index >= 15 is 0 Å². The fourth-order valence-electron chi connectivity index (χ4n) is 4.72. The predicted molar refractivity (Wildman–Crippen MR) is 114 cm³/mol. The summed E-state index contributed by atoms with van der Waals surface area (Å²) in [7, 11) is 0. The van der Waals surface area contributed by atoms with Gasteiger partial charge in [-0.2, -0.15) is 0 Å². The molecule has 0 bridgehead atoms. The Kier molecular flexibility index (Phi) is 4.72. The molecule has 5 rings (SSSR count). The molecule has 0 saturated carbocycles. The van der Waals surface area contributed by atoms with Gasteiger partial charge < -0.3 is 14.7 Å². The van der Waals surface area contributed by atoms with Gasteiger partial charge in [0.05, 0.1) is 23.7 Å². The largest absolute Gasteiger partial charge is 0.366 e. The maximum atomic E-state index is 13.0. The lowest BCUT2D eigenvalue weighted by Crippen LogP contribution is -2.55. The zero-order valence-electron chi connectivity index (χ0n) is 16.7. The topological polar surface area (TPSA) is 61.6 Å². The molecule has 1 N–H and O–H groups in total. The van der Waals surface area contributed by atoms with Gasteiger partial charge in [0.1, 0.15) is 6.17 Å². The Labute approximate surface area is 170 Å². The third-order valence-electron chi connectivity index (χ3n) is 6.25. The Hall–Kier alpha value is -2.86. The Morgan fingerprint density at radius 1 is 1.17 bits per heavy atom. The lowest BCUT2D eigenvalue weighted by molar-refractivity contribution is -0.124. The van der Waals surface area contributed by atoms with Crippen LogP contribution in [0.25, 0.3) is 11.0 Å². The molecular weight excluding hydrogens is 364 g/mol. The van der Waals surface area contributed by atoms with E-state index in [-0.39, 0.29) is 11.9 Å². The normalized spacial score (nSPS) is 18.6. The number of likely N-dealkylation sites (tertiary alicyclic amines) is 1. The van der Waals surface area contributed by atoms with Crippen LogP contribution in [-0.2, 0) is 4.79 Å². The summed E-state index contributed by atoms with van der Waals surface area (Å²) in [5, 5.41) is 8.91. The maximum absolute atomic E-state index is 13.0. The molecule has 1 unspecified atom stereocenters. The molecule has 0 spiro atoms. The summed E-state index contributed by atoms with van der Waals surface area (Å²) in [5.41, 5.74) is 4.13. The molecule has 0 aliphatic carbocycles. The van der Waals surface area contributed by atoms with Gasteiger partial charge in [0.15, 0.2) is 11.4 Å². The van der Waals surface area contributed by atoms with Gasteiger partial charge in [0, 0.05) is 30.8 Å². The van der Waals surface area contributed by atoms with Crippen molar-refractivity contribution < 1.29 is 9.32 Å². The van der Waals surface area contributed by atoms with E-state index in [0.29, 0.717) is 19.0 Å². The van der Waals surface area contributed by atoms with Gasteiger partial charge in [-0.25, -0.2) is 0 Å². The number of para-hydroxylation sites is 3. The number of Topliss-reactive ketones (excluding diaryl/α,β-unsaturated/α-hetero) is 1. The number of carbonyl (C=O) groups is 1. The zero-order valence-corrected chi connectivity index (χ0v) is 16.7. The van der Waals surface area contributed by atoms with Crippen LogP contribution >= 0.6 is 0 Å². The second-order valence-electron chi connectivity index (χ2n) is 7.89. The number of aromatic nitrogens is 1. The third kappa shape index (κ3) is 3.17. The molecule has 0 radical (unpaired) electrons. The van der Waals surface area contributed by atoms with E-state index in [1.165, 1.54) is 0 Å². The first-order chi connectivity index (χ1) is 14.3. The molecule has 3 aromatic rings. The lowest BCUT2D eigenvalue weighted by Gasteiger charge is -2.41. The number of nitrogens with zero attached hydrogens (tertiary/aromatic N) is 3. The fourth-order valence-corrected chi connectivity index (χ4v) is 4.72. The van der Waals surface area contributed by atoms with Gasteiger partial charge in [0.25, 0.3) is 0 Å². The average Bonchev–Trinajstić information content (AvgIpc) is 3.39. The monoisotopic (exact) mass is 390 g/mol. The highest BCUT2D eigenvalue weighted by Crippen LogP contribution is 2.37. The Balaban J connectivity index is 1.36. The molecule has 3 heterocycles. The number of piperidine rings is 1. The van der Waals surface area contributed by atoms with Gasteiger partial charge in [-0.3, -0.25) is 9.69 Å². The molecule has 2 aromatic carbocycles. The number of anilines is 2. The standard InChI is InChI=1S/C23H26N4O2/c1-2-20(28)23(27-15-24-18-8-4-5-9-19(18)27)26-13-11-16(12-14-26)22-17-7-3-6-10-21(17)29-25-22/h3-10,16,23-24H,2,11-15H2,1H3. The van der Waals surface area contributed by atoms with E-state index in [1.807, 2.05) is 37.3 Å². The first kappa shape index (κ1) is 18.2. The van der Waals surface area contributed by atoms with Crippen molar-refractivity contribution in [3.05, 3.63) is 54.2 Å². The van der Waals surface area contributed by atoms with E-state index in [0.717, 1.165) is 54.0 Å². The summed E-state index contributed by atoms with van der Waals surface area (Å²) in [6, 6.07) is 16.3. The minimum Gasteiger partial charge on any atom is -0.366 e. The fraction of sp³-hybridized carbons (Fsp3) is 0.391. The summed E-state index contributed by atoms with van der Waals surface area (Å²) < 4.78 is 5.52. The number of hydrogen-bond donors (Lipinski definition) is 1. The van der Waals surface area contributed by atoms with Crippen molar-refractivity contribution in [3.63, 3.8) is 0 Å². The highest BCUT2D eigenvalue weighted by Gasteiger charge is 2.37. The van der Waals surface area contributed by atoms with Crippen molar-refractivity contribution in [2.24, 2.45) is 0 Å². The molecule has 6 nitrogen and oxygen atoms in total. The molecular formula is C23H26N4O2. The smallest absolute Gasteiger partial charge is 0.169 e. The van der Waals surface area contributed by atoms with Crippen LogP contribution < -0.4 is 10.2 Å². The summed E-state index contributed by atoms with van der Waals surface area (Å²) in [4.78, 5) is 17.5. The minimum atomic E-state index is -0.217. The van der Waals surface area contributed by atoms with E-state index in [9.17, 15) is 4.79 Å². The first-order valence-corrected chi connectivity index (χ1v) is 10.5. The molecule has 29 heavy (non-hydrogen) atoms. The molecule has 1 fully saturated rings. The first-order valence-electron chi connectivity index (χ1n) is 10.5. The highest BCUT2D eigenvalue weighted by atomic mass is 16.5. The number of hydrogen-bond acceptors (Lipinski definition) is 6. The summed E-state index contributed by atoms with van der Waals surface area (Å²) in [6.45, 7) is 4.38. The second kappa shape index (κ2) is 7.52. The predicted octanol–water partition coefficient (Wildman–Crippen LogP) is 4.20. The van der Waals surface area contributed by atoms with Crippen LogP contribution in [0.3, 0.4) is 0 Å². The van der Waals surface area contributed by atoms with Gasteiger partial charge in [-0.15, -0.1) is 0 Å². The zero-order chi connectivity index (χ0) is 19.8. The van der Waals surface area contributed by atoms with E-state index in [2.05, 4.69) is 38.5 Å². The van der Waals surface area contributed by atoms with Crippen LogP contribution in [0.5, 0.6) is 0 Å². The van der Waals surface area contributed by atoms with Crippen molar-refractivity contribution in [3.8, 4) is 0 Å². The second-order valence-corrected chi connectivity index (χ2v) is 7.89. The average molecular weight is 390 g/mol.